The van der Waals surface area contributed by atoms with Crippen molar-refractivity contribution in [1.29, 1.82) is 0 Å². The molecule has 0 atom stereocenters. The van der Waals surface area contributed by atoms with E-state index < -0.39 is 5.60 Å². The molecule has 19 heavy (non-hydrogen) atoms. The minimum Gasteiger partial charge on any atom is -0.399 e. The number of ether oxygens (including phenoxy) is 1. The molecule has 0 radical (unpaired) electrons. The topological polar surface area (TPSA) is 47.9 Å². The minimum atomic E-state index is -0.813. The van der Waals surface area contributed by atoms with Gasteiger partial charge in [-0.3, -0.25) is 0 Å². The second kappa shape index (κ2) is 4.05. The molecule has 0 aromatic carbocycles. The molecule has 2 fully saturated rings. The summed E-state index contributed by atoms with van der Waals surface area (Å²) in [5.41, 5.74) is -1.48. The lowest BCUT2D eigenvalue weighted by Gasteiger charge is -2.35. The monoisotopic (exact) mass is 282 g/mol. The third-order valence-electron chi connectivity index (χ3n) is 4.25. The quantitative estimate of drug-likeness (QED) is 0.830. The molecule has 0 bridgehead atoms. The van der Waals surface area contributed by atoms with Crippen LogP contribution >= 0.6 is 11.3 Å². The van der Waals surface area contributed by atoms with Crippen molar-refractivity contribution in [2.45, 2.75) is 44.5 Å². The maximum absolute atomic E-state index is 10.2. The number of thiophene rings is 1. The van der Waals surface area contributed by atoms with Crippen molar-refractivity contribution in [1.82, 2.24) is 0 Å². The van der Waals surface area contributed by atoms with Gasteiger partial charge < -0.3 is 19.2 Å². The maximum Gasteiger partial charge on any atom is 0.505 e. The van der Waals surface area contributed by atoms with Crippen LogP contribution in [0.5, 0.6) is 0 Å². The van der Waals surface area contributed by atoms with E-state index in [-0.39, 0.29) is 18.3 Å². The molecule has 1 N–H and O–H groups in total. The molecule has 2 saturated heterocycles. The molecule has 4 nitrogen and oxygen atoms in total. The average Bonchev–Trinajstić information content (AvgIpc) is 2.79. The predicted molar refractivity (Wildman–Crippen MR) is 74.8 cm³/mol. The zero-order valence-corrected chi connectivity index (χ0v) is 12.5. The summed E-state index contributed by atoms with van der Waals surface area (Å²) in [4.78, 5) is 0.920. The minimum absolute atomic E-state index is 0.335. The van der Waals surface area contributed by atoms with E-state index in [4.69, 9.17) is 14.0 Å². The van der Waals surface area contributed by atoms with E-state index in [9.17, 15) is 5.11 Å². The van der Waals surface area contributed by atoms with Crippen LogP contribution in [0.2, 0.25) is 0 Å². The third kappa shape index (κ3) is 2.06. The van der Waals surface area contributed by atoms with Gasteiger partial charge in [0.1, 0.15) is 5.60 Å². The summed E-state index contributed by atoms with van der Waals surface area (Å²) in [6.45, 7) is 8.89. The summed E-state index contributed by atoms with van der Waals surface area (Å²) >= 11 is 1.53. The molecule has 0 unspecified atom stereocenters. The highest BCUT2D eigenvalue weighted by Gasteiger charge is 2.52. The molecule has 3 heterocycles. The zero-order chi connectivity index (χ0) is 13.9. The second-order valence-electron chi connectivity index (χ2n) is 6.31. The molecule has 1 aromatic rings. The Balaban J connectivity index is 1.81. The highest BCUT2D eigenvalue weighted by molar-refractivity contribution is 7.22. The van der Waals surface area contributed by atoms with Crippen molar-refractivity contribution in [2.24, 2.45) is 0 Å². The van der Waals surface area contributed by atoms with E-state index in [1.54, 1.807) is 0 Å². The molecule has 0 amide bonds. The van der Waals surface area contributed by atoms with E-state index in [0.717, 1.165) is 9.65 Å². The molecule has 0 saturated carbocycles. The largest absolute Gasteiger partial charge is 0.505 e. The predicted octanol–water partition coefficient (Wildman–Crippen LogP) is 1.27. The smallest absolute Gasteiger partial charge is 0.399 e. The molecule has 3 rings (SSSR count). The fraction of sp³-hybridized carbons (Fsp3) is 0.692. The van der Waals surface area contributed by atoms with E-state index in [1.165, 1.54) is 11.3 Å². The lowest BCUT2D eigenvalue weighted by molar-refractivity contribution is -0.182. The van der Waals surface area contributed by atoms with Gasteiger partial charge in [0.05, 0.1) is 24.4 Å². The molecule has 0 aliphatic carbocycles. The normalized spacial score (nSPS) is 27.3. The Hall–Kier alpha value is -0.395. The van der Waals surface area contributed by atoms with Gasteiger partial charge in [0.25, 0.3) is 0 Å². The van der Waals surface area contributed by atoms with Gasteiger partial charge in [0, 0.05) is 9.65 Å². The van der Waals surface area contributed by atoms with Crippen molar-refractivity contribution in [2.75, 3.05) is 13.2 Å². The molecular formula is C13H19BO4S. The fourth-order valence-corrected chi connectivity index (χ4v) is 3.15. The van der Waals surface area contributed by atoms with Gasteiger partial charge in [0.2, 0.25) is 0 Å². The number of aliphatic hydroxyl groups is 1. The number of rotatable bonds is 2. The van der Waals surface area contributed by atoms with Crippen LogP contribution in [0, 0.1) is 0 Å². The van der Waals surface area contributed by atoms with Crippen molar-refractivity contribution in [3.8, 4) is 0 Å². The van der Waals surface area contributed by atoms with Crippen molar-refractivity contribution >= 4 is 23.2 Å². The lowest BCUT2D eigenvalue weighted by Crippen LogP contribution is -2.46. The summed E-state index contributed by atoms with van der Waals surface area (Å²) < 4.78 is 18.1. The van der Waals surface area contributed by atoms with Crippen molar-refractivity contribution in [3.05, 3.63) is 17.0 Å². The van der Waals surface area contributed by atoms with Crippen LogP contribution in [0.25, 0.3) is 0 Å². The number of hydrogen-bond donors (Lipinski definition) is 1. The highest BCUT2D eigenvalue weighted by atomic mass is 32.1. The van der Waals surface area contributed by atoms with Crippen molar-refractivity contribution < 1.29 is 19.2 Å². The number of hydrogen-bond acceptors (Lipinski definition) is 5. The van der Waals surface area contributed by atoms with Crippen LogP contribution in [0.1, 0.15) is 32.6 Å². The van der Waals surface area contributed by atoms with Gasteiger partial charge >= 0.3 is 7.12 Å². The first-order chi connectivity index (χ1) is 8.74. The summed E-state index contributed by atoms with van der Waals surface area (Å²) in [6.07, 6.45) is 0. The first-order valence-corrected chi connectivity index (χ1v) is 7.31. The molecule has 2 aliphatic heterocycles. The standard InChI is InChI=1S/C13H19BO4S/c1-11(2)12(3,4)18-14(17-11)10-6-5-9(19-10)13(15)7-16-8-13/h5-6,15H,7-8H2,1-4H3. The van der Waals surface area contributed by atoms with Crippen molar-refractivity contribution in [3.63, 3.8) is 0 Å². The van der Waals surface area contributed by atoms with Gasteiger partial charge in [-0.1, -0.05) is 6.07 Å². The summed E-state index contributed by atoms with van der Waals surface area (Å²) in [5.74, 6) is 0. The Kier molecular flexibility index (Phi) is 2.90. The van der Waals surface area contributed by atoms with E-state index in [0.29, 0.717) is 13.2 Å². The first-order valence-electron chi connectivity index (χ1n) is 6.50. The van der Waals surface area contributed by atoms with Crippen LogP contribution in [0.15, 0.2) is 12.1 Å². The lowest BCUT2D eigenvalue weighted by atomic mass is 9.88. The van der Waals surface area contributed by atoms with Crippen LogP contribution in [0.4, 0.5) is 0 Å². The zero-order valence-electron chi connectivity index (χ0n) is 11.7. The van der Waals surface area contributed by atoms with Gasteiger partial charge in [-0.05, 0) is 33.8 Å². The van der Waals surface area contributed by atoms with Gasteiger partial charge in [-0.15, -0.1) is 11.3 Å². The van der Waals surface area contributed by atoms with Crippen LogP contribution in [-0.4, -0.2) is 36.6 Å². The van der Waals surface area contributed by atoms with Gasteiger partial charge in [0.15, 0.2) is 0 Å². The molecular weight excluding hydrogens is 263 g/mol. The molecule has 104 valence electrons. The van der Waals surface area contributed by atoms with E-state index in [2.05, 4.69) is 0 Å². The van der Waals surface area contributed by atoms with Gasteiger partial charge in [-0.25, -0.2) is 0 Å². The van der Waals surface area contributed by atoms with Gasteiger partial charge in [-0.2, -0.15) is 0 Å². The maximum atomic E-state index is 10.2. The van der Waals surface area contributed by atoms with E-state index in [1.807, 2.05) is 39.8 Å². The Morgan fingerprint density at radius 3 is 2.16 bits per heavy atom. The highest BCUT2D eigenvalue weighted by Crippen LogP contribution is 2.38. The SMILES string of the molecule is CC1(C)OB(c2ccc(C3(O)COC3)s2)OC1(C)C. The molecule has 0 spiro atoms. The first kappa shape index (κ1) is 13.6. The van der Waals surface area contributed by atoms with E-state index >= 15 is 0 Å². The molecule has 1 aromatic heterocycles. The Morgan fingerprint density at radius 2 is 1.68 bits per heavy atom. The summed E-state index contributed by atoms with van der Waals surface area (Å²) in [7, 11) is -0.353. The Morgan fingerprint density at radius 1 is 1.11 bits per heavy atom. The van der Waals surface area contributed by atoms with Crippen LogP contribution in [-0.2, 0) is 19.6 Å². The summed E-state index contributed by atoms with van der Waals surface area (Å²) in [5, 5.41) is 10.2. The third-order valence-corrected chi connectivity index (χ3v) is 5.55. The Labute approximate surface area is 117 Å². The van der Waals surface area contributed by atoms with Crippen LogP contribution < -0.4 is 4.78 Å². The summed E-state index contributed by atoms with van der Waals surface area (Å²) in [6, 6.07) is 3.91. The molecule has 2 aliphatic rings. The fourth-order valence-electron chi connectivity index (χ4n) is 2.13. The molecule has 6 heteroatoms. The Bertz CT molecular complexity index is 477. The second-order valence-corrected chi connectivity index (χ2v) is 7.43. The van der Waals surface area contributed by atoms with Crippen LogP contribution in [0.3, 0.4) is 0 Å². The average molecular weight is 282 g/mol.